The molecule has 8 heteroatoms. The maximum absolute atomic E-state index is 12.6. The molecule has 0 atom stereocenters. The Kier molecular flexibility index (Phi) is 3.04. The lowest BCUT2D eigenvalue weighted by Gasteiger charge is -2.08. The minimum Gasteiger partial charge on any atom is -0.351 e. The van der Waals surface area contributed by atoms with E-state index in [-0.39, 0.29) is 10.6 Å². The van der Waals surface area contributed by atoms with Crippen LogP contribution in [0.1, 0.15) is 0 Å². The van der Waals surface area contributed by atoms with Crippen LogP contribution in [0.3, 0.4) is 0 Å². The minimum absolute atomic E-state index is 0.0819. The van der Waals surface area contributed by atoms with Crippen LogP contribution in [0, 0.1) is 0 Å². The SMILES string of the molecule is Cn1ccc2cc(NS(=O)(=O)c3ccc4[nH]c(=O)[nH]c4c3)ccc21. The van der Waals surface area contributed by atoms with Gasteiger partial charge in [0, 0.05) is 29.8 Å². The number of nitrogens with zero attached hydrogens (tertiary/aromatic N) is 1. The Labute approximate surface area is 137 Å². The Hall–Kier alpha value is -3.00. The van der Waals surface area contributed by atoms with Crippen LogP contribution in [0.5, 0.6) is 0 Å². The summed E-state index contributed by atoms with van der Waals surface area (Å²) in [5.74, 6) is 0. The van der Waals surface area contributed by atoms with E-state index in [4.69, 9.17) is 0 Å². The van der Waals surface area contributed by atoms with Crippen molar-refractivity contribution in [3.63, 3.8) is 0 Å². The zero-order valence-electron chi connectivity index (χ0n) is 12.7. The molecule has 2 heterocycles. The number of imidazole rings is 1. The number of hydrogen-bond donors (Lipinski definition) is 3. The Morgan fingerprint density at radius 2 is 1.79 bits per heavy atom. The van der Waals surface area contributed by atoms with Gasteiger partial charge in [0.15, 0.2) is 0 Å². The normalized spacial score (nSPS) is 12.0. The second-order valence-electron chi connectivity index (χ2n) is 5.59. The maximum atomic E-state index is 12.6. The molecule has 2 aromatic heterocycles. The van der Waals surface area contributed by atoms with Crippen LogP contribution in [0.15, 0.2) is 58.4 Å². The number of aryl methyl sites for hydroxylation is 1. The minimum atomic E-state index is -3.75. The number of hydrogen-bond acceptors (Lipinski definition) is 3. The van der Waals surface area contributed by atoms with Crippen LogP contribution in [0.4, 0.5) is 5.69 Å². The van der Waals surface area contributed by atoms with Gasteiger partial charge in [0.2, 0.25) is 0 Å². The summed E-state index contributed by atoms with van der Waals surface area (Å²) in [5, 5.41) is 0.947. The zero-order valence-corrected chi connectivity index (χ0v) is 13.5. The average Bonchev–Trinajstić information content (AvgIpc) is 3.08. The number of aromatic nitrogens is 3. The molecule has 2 aromatic carbocycles. The van der Waals surface area contributed by atoms with Gasteiger partial charge >= 0.3 is 5.69 Å². The first-order valence-electron chi connectivity index (χ1n) is 7.22. The molecule has 4 aromatic rings. The van der Waals surface area contributed by atoms with Gasteiger partial charge in [-0.25, -0.2) is 13.2 Å². The molecule has 0 radical (unpaired) electrons. The third-order valence-electron chi connectivity index (χ3n) is 3.94. The average molecular weight is 342 g/mol. The Morgan fingerprint density at radius 1 is 1.00 bits per heavy atom. The van der Waals surface area contributed by atoms with Crippen LogP contribution >= 0.6 is 0 Å². The predicted octanol–water partition coefficient (Wildman–Crippen LogP) is 2.15. The second-order valence-corrected chi connectivity index (χ2v) is 7.27. The molecule has 0 aliphatic carbocycles. The Morgan fingerprint density at radius 3 is 2.62 bits per heavy atom. The van der Waals surface area contributed by atoms with E-state index in [1.54, 1.807) is 18.2 Å². The lowest BCUT2D eigenvalue weighted by Crippen LogP contribution is -2.12. The largest absolute Gasteiger partial charge is 0.351 e. The van der Waals surface area contributed by atoms with E-state index in [0.29, 0.717) is 16.7 Å². The first kappa shape index (κ1) is 14.6. The van der Waals surface area contributed by atoms with Gasteiger partial charge in [0.05, 0.1) is 15.9 Å². The Bertz CT molecular complexity index is 1230. The Balaban J connectivity index is 1.73. The summed E-state index contributed by atoms with van der Waals surface area (Å²) in [4.78, 5) is 16.5. The fourth-order valence-electron chi connectivity index (χ4n) is 2.74. The summed E-state index contributed by atoms with van der Waals surface area (Å²) in [5.41, 5.74) is 2.13. The maximum Gasteiger partial charge on any atom is 0.323 e. The molecule has 4 rings (SSSR count). The first-order valence-corrected chi connectivity index (χ1v) is 8.71. The quantitative estimate of drug-likeness (QED) is 0.532. The molecule has 0 aliphatic heterocycles. The van der Waals surface area contributed by atoms with Gasteiger partial charge in [-0.1, -0.05) is 0 Å². The van der Waals surface area contributed by atoms with E-state index in [0.717, 1.165) is 10.9 Å². The molecular weight excluding hydrogens is 328 g/mol. The third kappa shape index (κ3) is 2.37. The molecule has 7 nitrogen and oxygen atoms in total. The number of nitrogens with one attached hydrogen (secondary N) is 3. The molecule has 0 spiro atoms. The van der Waals surface area contributed by atoms with Gasteiger partial charge in [0.25, 0.3) is 10.0 Å². The lowest BCUT2D eigenvalue weighted by atomic mass is 10.2. The van der Waals surface area contributed by atoms with Crippen molar-refractivity contribution in [2.24, 2.45) is 7.05 Å². The lowest BCUT2D eigenvalue weighted by molar-refractivity contribution is 0.601. The topological polar surface area (TPSA) is 99.8 Å². The number of benzene rings is 2. The molecule has 122 valence electrons. The molecule has 0 unspecified atom stereocenters. The van der Waals surface area contributed by atoms with Gasteiger partial charge in [-0.2, -0.15) is 0 Å². The molecule has 0 saturated heterocycles. The summed E-state index contributed by atoms with van der Waals surface area (Å²) in [6, 6.07) is 11.7. The summed E-state index contributed by atoms with van der Waals surface area (Å²) >= 11 is 0. The van der Waals surface area contributed by atoms with Crippen molar-refractivity contribution in [2.45, 2.75) is 4.90 Å². The summed E-state index contributed by atoms with van der Waals surface area (Å²) in [7, 11) is -1.82. The predicted molar refractivity (Wildman–Crippen MR) is 92.6 cm³/mol. The molecule has 0 bridgehead atoms. The summed E-state index contributed by atoms with van der Waals surface area (Å²) < 4.78 is 29.7. The number of fused-ring (bicyclic) bond motifs is 2. The van der Waals surface area contributed by atoms with E-state index in [2.05, 4.69) is 14.7 Å². The van der Waals surface area contributed by atoms with E-state index in [9.17, 15) is 13.2 Å². The van der Waals surface area contributed by atoms with E-state index >= 15 is 0 Å². The van der Waals surface area contributed by atoms with Crippen molar-refractivity contribution in [1.29, 1.82) is 0 Å². The van der Waals surface area contributed by atoms with Crippen LogP contribution in [0.2, 0.25) is 0 Å². The van der Waals surface area contributed by atoms with Gasteiger partial charge in [-0.15, -0.1) is 0 Å². The van der Waals surface area contributed by atoms with Crippen molar-refractivity contribution < 1.29 is 8.42 Å². The zero-order chi connectivity index (χ0) is 16.9. The number of sulfonamides is 1. The van der Waals surface area contributed by atoms with Crippen molar-refractivity contribution >= 4 is 37.6 Å². The van der Waals surface area contributed by atoms with Crippen molar-refractivity contribution in [2.75, 3.05) is 4.72 Å². The number of aromatic amines is 2. The molecule has 0 saturated carbocycles. The van der Waals surface area contributed by atoms with Crippen molar-refractivity contribution in [1.82, 2.24) is 14.5 Å². The van der Waals surface area contributed by atoms with E-state index in [1.807, 2.05) is 29.9 Å². The highest BCUT2D eigenvalue weighted by molar-refractivity contribution is 7.92. The molecule has 0 amide bonds. The third-order valence-corrected chi connectivity index (χ3v) is 5.31. The molecule has 0 fully saturated rings. The van der Waals surface area contributed by atoms with Gasteiger partial charge in [0.1, 0.15) is 0 Å². The van der Waals surface area contributed by atoms with Crippen LogP contribution < -0.4 is 10.4 Å². The van der Waals surface area contributed by atoms with E-state index in [1.165, 1.54) is 12.1 Å². The highest BCUT2D eigenvalue weighted by atomic mass is 32.2. The standard InChI is InChI=1S/C16H14N4O3S/c1-20-7-6-10-8-11(2-5-15(10)20)19-24(22,23)12-3-4-13-14(9-12)18-16(21)17-13/h2-9,19H,1H3,(H2,17,18,21). The fourth-order valence-corrected chi connectivity index (χ4v) is 3.81. The van der Waals surface area contributed by atoms with Crippen LogP contribution in [0.25, 0.3) is 21.9 Å². The summed E-state index contributed by atoms with van der Waals surface area (Å²) in [6.45, 7) is 0. The van der Waals surface area contributed by atoms with E-state index < -0.39 is 10.0 Å². The molecular formula is C16H14N4O3S. The first-order chi connectivity index (χ1) is 11.4. The van der Waals surface area contributed by atoms with Crippen LogP contribution in [-0.4, -0.2) is 23.0 Å². The highest BCUT2D eigenvalue weighted by Gasteiger charge is 2.16. The van der Waals surface area contributed by atoms with Gasteiger partial charge < -0.3 is 14.5 Å². The fraction of sp³-hybridized carbons (Fsp3) is 0.0625. The number of anilines is 1. The molecule has 24 heavy (non-hydrogen) atoms. The number of H-pyrrole nitrogens is 2. The summed E-state index contributed by atoms with van der Waals surface area (Å²) in [6.07, 6.45) is 1.92. The molecule has 3 N–H and O–H groups in total. The highest BCUT2D eigenvalue weighted by Crippen LogP contribution is 2.23. The van der Waals surface area contributed by atoms with Crippen LogP contribution in [-0.2, 0) is 17.1 Å². The van der Waals surface area contributed by atoms with Crippen molar-refractivity contribution in [3.05, 3.63) is 59.1 Å². The number of rotatable bonds is 3. The van der Waals surface area contributed by atoms with Gasteiger partial charge in [-0.3, -0.25) is 4.72 Å². The molecule has 0 aliphatic rings. The second kappa shape index (κ2) is 5.00. The van der Waals surface area contributed by atoms with Crippen molar-refractivity contribution in [3.8, 4) is 0 Å². The monoisotopic (exact) mass is 342 g/mol. The van der Waals surface area contributed by atoms with Gasteiger partial charge in [-0.05, 0) is 42.5 Å². The smallest absolute Gasteiger partial charge is 0.323 e.